The molecule has 2 aromatic carbocycles. The molecule has 0 aromatic heterocycles. The van der Waals surface area contributed by atoms with E-state index in [1.165, 1.54) is 12.1 Å². The zero-order chi connectivity index (χ0) is 21.8. The van der Waals surface area contributed by atoms with Crippen molar-refractivity contribution in [1.29, 1.82) is 0 Å². The molecule has 2 rings (SSSR count). The Morgan fingerprint density at radius 1 is 1.03 bits per heavy atom. The molecule has 0 bridgehead atoms. The summed E-state index contributed by atoms with van der Waals surface area (Å²) in [4.78, 5) is 23.6. The van der Waals surface area contributed by atoms with Crippen LogP contribution in [0.3, 0.4) is 0 Å². The number of carbonyl (C=O) groups excluding carboxylic acids is 2. The lowest BCUT2D eigenvalue weighted by Gasteiger charge is -2.10. The Morgan fingerprint density at radius 2 is 1.72 bits per heavy atom. The number of halogens is 3. The summed E-state index contributed by atoms with van der Waals surface area (Å²) < 4.78 is 69.2. The maximum atomic E-state index is 12.7. The standard InChI is InChI=1S/C19H18F3NO5S/c1-12-6-7-16(8-13(12)2)29(26,27)23-10-18(25)28-11-17(24)14-4-3-5-15(9-14)19(20,21)22/h3-9,23H,10-11H2,1-2H3. The van der Waals surface area contributed by atoms with Gasteiger partial charge in [-0.05, 0) is 49.2 Å². The van der Waals surface area contributed by atoms with Gasteiger partial charge in [0.05, 0.1) is 10.5 Å². The van der Waals surface area contributed by atoms with Gasteiger partial charge >= 0.3 is 12.1 Å². The Bertz CT molecular complexity index is 1030. The van der Waals surface area contributed by atoms with E-state index >= 15 is 0 Å². The fraction of sp³-hybridized carbons (Fsp3) is 0.263. The summed E-state index contributed by atoms with van der Waals surface area (Å²) in [7, 11) is -3.97. The first-order chi connectivity index (χ1) is 13.4. The van der Waals surface area contributed by atoms with Crippen LogP contribution >= 0.6 is 0 Å². The highest BCUT2D eigenvalue weighted by Crippen LogP contribution is 2.29. The highest BCUT2D eigenvalue weighted by Gasteiger charge is 2.31. The van der Waals surface area contributed by atoms with E-state index in [1.54, 1.807) is 13.0 Å². The Hall–Kier alpha value is -2.72. The molecule has 10 heteroatoms. The molecule has 0 unspecified atom stereocenters. The second-order valence-corrected chi connectivity index (χ2v) is 8.00. The summed E-state index contributed by atoms with van der Waals surface area (Å²) in [5.41, 5.74) is 0.373. The number of benzene rings is 2. The monoisotopic (exact) mass is 429 g/mol. The van der Waals surface area contributed by atoms with E-state index in [9.17, 15) is 31.2 Å². The zero-order valence-electron chi connectivity index (χ0n) is 15.5. The van der Waals surface area contributed by atoms with Crippen LogP contribution in [0.5, 0.6) is 0 Å². The predicted molar refractivity (Wildman–Crippen MR) is 97.8 cm³/mol. The smallest absolute Gasteiger partial charge is 0.416 e. The largest absolute Gasteiger partial charge is 0.456 e. The molecule has 0 heterocycles. The van der Waals surface area contributed by atoms with Crippen molar-refractivity contribution in [3.05, 3.63) is 64.7 Å². The highest BCUT2D eigenvalue weighted by atomic mass is 32.2. The molecule has 29 heavy (non-hydrogen) atoms. The first-order valence-corrected chi connectivity index (χ1v) is 9.81. The number of ketones is 1. The number of hydrogen-bond acceptors (Lipinski definition) is 5. The molecule has 0 saturated carbocycles. The van der Waals surface area contributed by atoms with Crippen LogP contribution in [0.1, 0.15) is 27.0 Å². The molecule has 0 atom stereocenters. The average molecular weight is 429 g/mol. The summed E-state index contributed by atoms with van der Waals surface area (Å²) >= 11 is 0. The number of hydrogen-bond donors (Lipinski definition) is 1. The molecule has 6 nitrogen and oxygen atoms in total. The molecular formula is C19H18F3NO5S. The van der Waals surface area contributed by atoms with E-state index in [2.05, 4.69) is 9.46 Å². The number of ether oxygens (including phenoxy) is 1. The zero-order valence-corrected chi connectivity index (χ0v) is 16.4. The van der Waals surface area contributed by atoms with Crippen LogP contribution in [0.4, 0.5) is 13.2 Å². The van der Waals surface area contributed by atoms with E-state index in [1.807, 2.05) is 6.92 Å². The predicted octanol–water partition coefficient (Wildman–Crippen LogP) is 3.03. The minimum Gasteiger partial charge on any atom is -0.456 e. The van der Waals surface area contributed by atoms with E-state index in [0.29, 0.717) is 6.07 Å². The van der Waals surface area contributed by atoms with Crippen LogP contribution in [0.15, 0.2) is 47.4 Å². The van der Waals surface area contributed by atoms with Crippen LogP contribution in [0.25, 0.3) is 0 Å². The van der Waals surface area contributed by atoms with Crippen molar-refractivity contribution in [2.24, 2.45) is 0 Å². The van der Waals surface area contributed by atoms with Gasteiger partial charge in [0.15, 0.2) is 12.4 Å². The maximum absolute atomic E-state index is 12.7. The topological polar surface area (TPSA) is 89.5 Å². The molecule has 0 amide bonds. The Labute approximate surface area is 165 Å². The summed E-state index contributed by atoms with van der Waals surface area (Å²) in [5, 5.41) is 0. The summed E-state index contributed by atoms with van der Waals surface area (Å²) in [6.07, 6.45) is -4.61. The lowest BCUT2D eigenvalue weighted by molar-refractivity contribution is -0.141. The van der Waals surface area contributed by atoms with Crippen molar-refractivity contribution in [3.63, 3.8) is 0 Å². The van der Waals surface area contributed by atoms with Gasteiger partial charge in [-0.25, -0.2) is 8.42 Å². The number of esters is 1. The molecule has 0 fully saturated rings. The molecule has 0 aliphatic rings. The second-order valence-electron chi connectivity index (χ2n) is 6.23. The first-order valence-electron chi connectivity index (χ1n) is 8.33. The summed E-state index contributed by atoms with van der Waals surface area (Å²) in [6.45, 7) is 2.01. The Balaban J connectivity index is 1.93. The second kappa shape index (κ2) is 8.75. The van der Waals surface area contributed by atoms with E-state index < -0.39 is 46.7 Å². The summed E-state index contributed by atoms with van der Waals surface area (Å²) in [6, 6.07) is 8.13. The minimum absolute atomic E-state index is 0.0338. The van der Waals surface area contributed by atoms with Crippen molar-refractivity contribution in [2.75, 3.05) is 13.2 Å². The van der Waals surface area contributed by atoms with Gasteiger partial charge in [0.2, 0.25) is 10.0 Å². The van der Waals surface area contributed by atoms with Gasteiger partial charge in [-0.1, -0.05) is 18.2 Å². The summed E-state index contributed by atoms with van der Waals surface area (Å²) in [5.74, 6) is -1.89. The maximum Gasteiger partial charge on any atom is 0.416 e. The highest BCUT2D eigenvalue weighted by molar-refractivity contribution is 7.89. The molecule has 1 N–H and O–H groups in total. The van der Waals surface area contributed by atoms with Gasteiger partial charge < -0.3 is 4.74 Å². The van der Waals surface area contributed by atoms with Gasteiger partial charge in [0.25, 0.3) is 0 Å². The van der Waals surface area contributed by atoms with Gasteiger partial charge in [0.1, 0.15) is 6.54 Å². The average Bonchev–Trinajstić information content (AvgIpc) is 2.66. The number of rotatable bonds is 7. The van der Waals surface area contributed by atoms with Crippen LogP contribution in [0.2, 0.25) is 0 Å². The number of alkyl halides is 3. The van der Waals surface area contributed by atoms with Crippen molar-refractivity contribution in [2.45, 2.75) is 24.9 Å². The van der Waals surface area contributed by atoms with Crippen LogP contribution in [-0.2, 0) is 25.7 Å². The number of Topliss-reactive ketones (excluding diaryl/α,β-unsaturated/α-hetero) is 1. The third kappa shape index (κ3) is 6.13. The van der Waals surface area contributed by atoms with E-state index in [-0.39, 0.29) is 10.5 Å². The van der Waals surface area contributed by atoms with Crippen LogP contribution in [0, 0.1) is 13.8 Å². The normalized spacial score (nSPS) is 11.9. The van der Waals surface area contributed by atoms with Gasteiger partial charge in [-0.3, -0.25) is 9.59 Å². The molecule has 2 aromatic rings. The third-order valence-electron chi connectivity index (χ3n) is 4.07. The first kappa shape index (κ1) is 22.6. The molecule has 156 valence electrons. The van der Waals surface area contributed by atoms with Crippen molar-refractivity contribution >= 4 is 21.8 Å². The number of sulfonamides is 1. The SMILES string of the molecule is Cc1ccc(S(=O)(=O)NCC(=O)OCC(=O)c2cccc(C(F)(F)F)c2)cc1C. The molecule has 0 spiro atoms. The number of carbonyl (C=O) groups is 2. The molecule has 0 aliphatic carbocycles. The molecule has 0 aliphatic heterocycles. The fourth-order valence-electron chi connectivity index (χ4n) is 2.27. The lowest BCUT2D eigenvalue weighted by Crippen LogP contribution is -2.31. The third-order valence-corrected chi connectivity index (χ3v) is 5.47. The molecule has 0 saturated heterocycles. The molecular weight excluding hydrogens is 411 g/mol. The van der Waals surface area contributed by atoms with Crippen molar-refractivity contribution in [1.82, 2.24) is 4.72 Å². The van der Waals surface area contributed by atoms with Gasteiger partial charge in [-0.2, -0.15) is 17.9 Å². The number of aryl methyl sites for hydroxylation is 2. The van der Waals surface area contributed by atoms with E-state index in [4.69, 9.17) is 0 Å². The fourth-order valence-corrected chi connectivity index (χ4v) is 3.32. The van der Waals surface area contributed by atoms with Crippen molar-refractivity contribution in [3.8, 4) is 0 Å². The minimum atomic E-state index is -4.61. The lowest BCUT2D eigenvalue weighted by atomic mass is 10.1. The van der Waals surface area contributed by atoms with Crippen LogP contribution in [-0.4, -0.2) is 33.3 Å². The van der Waals surface area contributed by atoms with Crippen molar-refractivity contribution < 1.29 is 35.9 Å². The van der Waals surface area contributed by atoms with E-state index in [0.717, 1.165) is 29.3 Å². The number of nitrogens with one attached hydrogen (secondary N) is 1. The van der Waals surface area contributed by atoms with Gasteiger partial charge in [-0.15, -0.1) is 0 Å². The van der Waals surface area contributed by atoms with Crippen LogP contribution < -0.4 is 4.72 Å². The Morgan fingerprint density at radius 3 is 2.34 bits per heavy atom. The Kier molecular flexibility index (Phi) is 6.81. The van der Waals surface area contributed by atoms with Gasteiger partial charge in [0, 0.05) is 5.56 Å². The molecule has 0 radical (unpaired) electrons. The quantitative estimate of drug-likeness (QED) is 0.540.